The molecule has 1 fully saturated rings. The second-order valence-corrected chi connectivity index (χ2v) is 10.3. The maximum Gasteiger partial charge on any atom is 0.254 e. The Labute approximate surface area is 234 Å². The number of hydrogen-bond donors (Lipinski definition) is 3. The highest BCUT2D eigenvalue weighted by atomic mass is 16.2. The third-order valence-electron chi connectivity index (χ3n) is 7.85. The zero-order chi connectivity index (χ0) is 28.2. The Morgan fingerprint density at radius 3 is 2.30 bits per heavy atom. The zero-order valence-electron chi connectivity index (χ0n) is 23.3. The number of amides is 2. The molecular weight excluding hydrogens is 504 g/mol. The summed E-state index contributed by atoms with van der Waals surface area (Å²) < 4.78 is 0. The van der Waals surface area contributed by atoms with Crippen LogP contribution < -0.4 is 5.32 Å². The molecule has 0 unspecified atom stereocenters. The maximum absolute atomic E-state index is 13.1. The number of benzene rings is 2. The summed E-state index contributed by atoms with van der Waals surface area (Å²) in [5.74, 6) is 0.222. The molecule has 4 heterocycles. The molecule has 3 N–H and O–H groups in total. The van der Waals surface area contributed by atoms with Gasteiger partial charge >= 0.3 is 0 Å². The third kappa shape index (κ3) is 5.48. The third-order valence-corrected chi connectivity index (χ3v) is 7.85. The van der Waals surface area contributed by atoms with Crippen LogP contribution in [0.3, 0.4) is 0 Å². The number of pyridine rings is 1. The molecule has 208 valence electrons. The van der Waals surface area contributed by atoms with Gasteiger partial charge in [0.05, 0.1) is 5.69 Å². The number of aryl methyl sites for hydroxylation is 1. The Morgan fingerprint density at radius 2 is 1.57 bits per heavy atom. The zero-order valence-corrected chi connectivity index (χ0v) is 23.3. The predicted octanol–water partition coefficient (Wildman–Crippen LogP) is 3.20. The number of carbonyl (C=O) groups excluding carboxylic acids is 2. The number of nitrogens with zero attached hydrogens (tertiary/aromatic N) is 4. The van der Waals surface area contributed by atoms with E-state index in [0.717, 1.165) is 98.1 Å². The fraction of sp³-hybridized carbons (Fsp3) is 0.355. The predicted molar refractivity (Wildman–Crippen MR) is 156 cm³/mol. The summed E-state index contributed by atoms with van der Waals surface area (Å²) in [4.78, 5) is 33.4. The van der Waals surface area contributed by atoms with Crippen LogP contribution in [0.5, 0.6) is 0 Å². The van der Waals surface area contributed by atoms with Crippen LogP contribution in [0.4, 0.5) is 0 Å². The van der Waals surface area contributed by atoms with Gasteiger partial charge in [0.1, 0.15) is 0 Å². The van der Waals surface area contributed by atoms with E-state index in [4.69, 9.17) is 5.11 Å². The lowest BCUT2D eigenvalue weighted by Crippen LogP contribution is -2.46. The highest BCUT2D eigenvalue weighted by molar-refractivity contribution is 5.98. The average Bonchev–Trinajstić information content (AvgIpc) is 3.29. The molecule has 2 aliphatic rings. The van der Waals surface area contributed by atoms with Crippen molar-refractivity contribution < 1.29 is 14.7 Å². The fourth-order valence-corrected chi connectivity index (χ4v) is 5.59. The second kappa shape index (κ2) is 12.0. The highest BCUT2D eigenvalue weighted by Gasteiger charge is 2.21. The van der Waals surface area contributed by atoms with Crippen LogP contribution in [-0.4, -0.2) is 88.3 Å². The molecule has 0 spiro atoms. The summed E-state index contributed by atoms with van der Waals surface area (Å²) in [6.07, 6.45) is 3.60. The summed E-state index contributed by atoms with van der Waals surface area (Å²) in [5.41, 5.74) is 8.95. The SMILES string of the molecule is CC(=O)N1CCc2ccc(-c3cnc4n[nH]c(-c5ccc(C(=O)N6CCNCC6)c(C)c5)c4c3)cc2CC1.CO. The number of aliphatic hydroxyl groups excluding tert-OH is 1. The molecule has 6 rings (SSSR count). The van der Waals surface area contributed by atoms with Crippen molar-refractivity contribution in [1.82, 2.24) is 30.3 Å². The first-order valence-electron chi connectivity index (χ1n) is 13.8. The number of rotatable bonds is 3. The smallest absolute Gasteiger partial charge is 0.254 e. The van der Waals surface area contributed by atoms with E-state index in [9.17, 15) is 9.59 Å². The average molecular weight is 541 g/mol. The summed E-state index contributed by atoms with van der Waals surface area (Å²) in [6.45, 7) is 8.29. The lowest BCUT2D eigenvalue weighted by atomic mass is 9.96. The summed E-state index contributed by atoms with van der Waals surface area (Å²) in [7, 11) is 1.00. The molecule has 9 heteroatoms. The molecule has 40 heavy (non-hydrogen) atoms. The normalized spacial score (nSPS) is 15.2. The molecule has 2 aromatic carbocycles. The number of fused-ring (bicyclic) bond motifs is 2. The van der Waals surface area contributed by atoms with Gasteiger partial charge in [-0.2, -0.15) is 5.10 Å². The van der Waals surface area contributed by atoms with Crippen molar-refractivity contribution >= 4 is 22.8 Å². The first kappa shape index (κ1) is 27.5. The van der Waals surface area contributed by atoms with Gasteiger partial charge in [0.15, 0.2) is 5.65 Å². The van der Waals surface area contributed by atoms with Crippen LogP contribution in [0.2, 0.25) is 0 Å². The molecule has 9 nitrogen and oxygen atoms in total. The first-order chi connectivity index (χ1) is 19.5. The van der Waals surface area contributed by atoms with Crippen molar-refractivity contribution in [2.45, 2.75) is 26.7 Å². The van der Waals surface area contributed by atoms with Crippen LogP contribution in [0.25, 0.3) is 33.4 Å². The van der Waals surface area contributed by atoms with E-state index in [1.165, 1.54) is 11.1 Å². The van der Waals surface area contributed by atoms with Crippen LogP contribution in [0, 0.1) is 6.92 Å². The van der Waals surface area contributed by atoms with Gasteiger partial charge in [0, 0.05) is 81.6 Å². The van der Waals surface area contributed by atoms with E-state index < -0.39 is 0 Å². The molecule has 0 radical (unpaired) electrons. The van der Waals surface area contributed by atoms with Crippen molar-refractivity contribution in [2.75, 3.05) is 46.4 Å². The van der Waals surface area contributed by atoms with Gasteiger partial charge in [-0.15, -0.1) is 0 Å². The van der Waals surface area contributed by atoms with Crippen LogP contribution >= 0.6 is 0 Å². The topological polar surface area (TPSA) is 114 Å². The maximum atomic E-state index is 13.1. The second-order valence-electron chi connectivity index (χ2n) is 10.3. The lowest BCUT2D eigenvalue weighted by molar-refractivity contribution is -0.128. The minimum absolute atomic E-state index is 0.0867. The number of carbonyl (C=O) groups is 2. The molecule has 0 aliphatic carbocycles. The van der Waals surface area contributed by atoms with E-state index in [-0.39, 0.29) is 11.8 Å². The van der Waals surface area contributed by atoms with Crippen LogP contribution in [0.1, 0.15) is 34.0 Å². The van der Waals surface area contributed by atoms with Crippen LogP contribution in [-0.2, 0) is 17.6 Å². The van der Waals surface area contributed by atoms with Gasteiger partial charge in [-0.3, -0.25) is 14.7 Å². The Hall–Kier alpha value is -4.08. The minimum Gasteiger partial charge on any atom is -0.400 e. The molecule has 0 bridgehead atoms. The number of piperazine rings is 1. The Morgan fingerprint density at radius 1 is 0.850 bits per heavy atom. The van der Waals surface area contributed by atoms with Gasteiger partial charge in [-0.25, -0.2) is 4.98 Å². The van der Waals surface area contributed by atoms with Gasteiger partial charge < -0.3 is 20.2 Å². The quantitative estimate of drug-likeness (QED) is 0.368. The van der Waals surface area contributed by atoms with Gasteiger partial charge in [-0.1, -0.05) is 24.3 Å². The van der Waals surface area contributed by atoms with Gasteiger partial charge in [-0.05, 0) is 60.2 Å². The van der Waals surface area contributed by atoms with Crippen molar-refractivity contribution in [2.24, 2.45) is 0 Å². The monoisotopic (exact) mass is 540 g/mol. The van der Waals surface area contributed by atoms with E-state index in [1.807, 2.05) is 35.1 Å². The molecular formula is C31H36N6O3. The molecule has 2 amide bonds. The molecule has 2 aromatic heterocycles. The molecule has 0 atom stereocenters. The first-order valence-corrected chi connectivity index (χ1v) is 13.8. The fourth-order valence-electron chi connectivity index (χ4n) is 5.59. The van der Waals surface area contributed by atoms with Crippen LogP contribution in [0.15, 0.2) is 48.7 Å². The number of H-pyrrole nitrogens is 1. The van der Waals surface area contributed by atoms with Gasteiger partial charge in [0.2, 0.25) is 5.91 Å². The summed E-state index contributed by atoms with van der Waals surface area (Å²) >= 11 is 0. The Balaban J connectivity index is 0.00000158. The standard InChI is InChI=1S/C30H32N6O2.CH4O/c1-19-15-24(5-6-26(19)30(38)36-13-9-31-10-14-36)28-27-17-25(18-32-29(27)34-33-28)22-4-3-21-7-11-35(20(2)37)12-8-23(21)16-22;1-2/h3-6,15-18,31H,7-14H2,1-2H3,(H,32,33,34);2H,1H3. The number of aliphatic hydroxyl groups is 1. The van der Waals surface area contributed by atoms with E-state index in [2.05, 4.69) is 50.8 Å². The summed E-state index contributed by atoms with van der Waals surface area (Å²) in [5, 5.41) is 18.9. The van der Waals surface area contributed by atoms with E-state index >= 15 is 0 Å². The number of nitrogens with one attached hydrogen (secondary N) is 2. The molecule has 4 aromatic rings. The van der Waals surface area contributed by atoms with E-state index in [0.29, 0.717) is 5.65 Å². The van der Waals surface area contributed by atoms with Crippen molar-refractivity contribution in [3.8, 4) is 22.4 Å². The van der Waals surface area contributed by atoms with Crippen molar-refractivity contribution in [3.05, 3.63) is 70.9 Å². The van der Waals surface area contributed by atoms with Crippen molar-refractivity contribution in [3.63, 3.8) is 0 Å². The highest BCUT2D eigenvalue weighted by Crippen LogP contribution is 2.32. The minimum atomic E-state index is 0.0867. The molecule has 1 saturated heterocycles. The van der Waals surface area contributed by atoms with Crippen molar-refractivity contribution in [1.29, 1.82) is 0 Å². The number of hydrogen-bond acceptors (Lipinski definition) is 6. The molecule has 0 saturated carbocycles. The Kier molecular flexibility index (Phi) is 8.23. The molecule has 2 aliphatic heterocycles. The van der Waals surface area contributed by atoms with Gasteiger partial charge in [0.25, 0.3) is 5.91 Å². The lowest BCUT2D eigenvalue weighted by Gasteiger charge is -2.28. The number of aromatic amines is 1. The number of aromatic nitrogens is 3. The van der Waals surface area contributed by atoms with E-state index in [1.54, 1.807) is 6.92 Å². The largest absolute Gasteiger partial charge is 0.400 e. The Bertz CT molecular complexity index is 1540. The summed E-state index contributed by atoms with van der Waals surface area (Å²) in [6, 6.07) is 14.7.